The minimum atomic E-state index is -0.0569. The normalized spacial score (nSPS) is 15.9. The molecule has 0 spiro atoms. The first-order valence-electron chi connectivity index (χ1n) is 8.06. The molecule has 0 saturated carbocycles. The molecule has 0 atom stereocenters. The molecule has 1 amide bonds. The van der Waals surface area contributed by atoms with E-state index in [0.717, 1.165) is 29.8 Å². The fourth-order valence-corrected chi connectivity index (χ4v) is 3.04. The Morgan fingerprint density at radius 3 is 2.42 bits per heavy atom. The smallest absolute Gasteiger partial charge is 0.267 e. The van der Waals surface area contributed by atoms with Gasteiger partial charge < -0.3 is 0 Å². The standard InChI is InChI=1S/C20H20N2OS/c1-3-7-19-18(14-15-10-12-17(24-2)13-11-15)20(23)22(21-19)16-8-5-4-6-9-16/h4-6,8-14H,3,7H2,1-2H3. The second-order valence-corrected chi connectivity index (χ2v) is 6.46. The number of carbonyl (C=O) groups is 1. The molecule has 0 aromatic heterocycles. The van der Waals surface area contributed by atoms with Gasteiger partial charge in [-0.2, -0.15) is 10.1 Å². The zero-order valence-electron chi connectivity index (χ0n) is 13.9. The molecule has 122 valence electrons. The van der Waals surface area contributed by atoms with E-state index in [0.29, 0.717) is 5.57 Å². The molecule has 0 N–H and O–H groups in total. The lowest BCUT2D eigenvalue weighted by Crippen LogP contribution is -2.21. The van der Waals surface area contributed by atoms with Gasteiger partial charge in [-0.05, 0) is 48.6 Å². The van der Waals surface area contributed by atoms with Crippen LogP contribution in [0.25, 0.3) is 6.08 Å². The third-order valence-electron chi connectivity index (χ3n) is 3.87. The highest BCUT2D eigenvalue weighted by Gasteiger charge is 2.30. The van der Waals surface area contributed by atoms with Gasteiger partial charge in [0.05, 0.1) is 17.0 Å². The van der Waals surface area contributed by atoms with Crippen LogP contribution in [0.15, 0.2) is 70.2 Å². The molecule has 0 radical (unpaired) electrons. The largest absolute Gasteiger partial charge is 0.280 e. The number of amides is 1. The zero-order chi connectivity index (χ0) is 16.9. The van der Waals surface area contributed by atoms with E-state index in [1.165, 1.54) is 9.90 Å². The zero-order valence-corrected chi connectivity index (χ0v) is 14.7. The van der Waals surface area contributed by atoms with E-state index >= 15 is 0 Å². The molecular weight excluding hydrogens is 316 g/mol. The third kappa shape index (κ3) is 3.44. The minimum Gasteiger partial charge on any atom is -0.267 e. The fraction of sp³-hybridized carbons (Fsp3) is 0.200. The first kappa shape index (κ1) is 16.5. The maximum atomic E-state index is 12.9. The van der Waals surface area contributed by atoms with Gasteiger partial charge in [-0.25, -0.2) is 0 Å². The van der Waals surface area contributed by atoms with Crippen molar-refractivity contribution in [2.45, 2.75) is 24.7 Å². The van der Waals surface area contributed by atoms with Crippen molar-refractivity contribution in [2.75, 3.05) is 11.3 Å². The van der Waals surface area contributed by atoms with Gasteiger partial charge in [0, 0.05) is 4.90 Å². The predicted octanol–water partition coefficient (Wildman–Crippen LogP) is 4.99. The van der Waals surface area contributed by atoms with Crippen LogP contribution in [-0.4, -0.2) is 17.9 Å². The van der Waals surface area contributed by atoms with Gasteiger partial charge in [0.1, 0.15) is 0 Å². The molecule has 24 heavy (non-hydrogen) atoms. The number of nitrogens with zero attached hydrogens (tertiary/aromatic N) is 2. The molecule has 0 aliphatic carbocycles. The average Bonchev–Trinajstić information content (AvgIpc) is 2.93. The molecule has 1 heterocycles. The molecule has 0 fully saturated rings. The highest BCUT2D eigenvalue weighted by Crippen LogP contribution is 2.27. The van der Waals surface area contributed by atoms with Crippen LogP contribution in [-0.2, 0) is 4.79 Å². The number of hydrogen-bond donors (Lipinski definition) is 0. The highest BCUT2D eigenvalue weighted by molar-refractivity contribution is 7.98. The van der Waals surface area contributed by atoms with E-state index in [1.807, 2.05) is 48.5 Å². The van der Waals surface area contributed by atoms with Crippen molar-refractivity contribution >= 4 is 35.1 Å². The molecule has 1 aliphatic rings. The van der Waals surface area contributed by atoms with Crippen molar-refractivity contribution in [1.82, 2.24) is 0 Å². The summed E-state index contributed by atoms with van der Waals surface area (Å²) in [5.41, 5.74) is 3.38. The Bertz CT molecular complexity index is 779. The second kappa shape index (κ2) is 7.49. The van der Waals surface area contributed by atoms with Crippen LogP contribution >= 0.6 is 11.8 Å². The van der Waals surface area contributed by atoms with Crippen LogP contribution in [0.3, 0.4) is 0 Å². The van der Waals surface area contributed by atoms with Crippen LogP contribution in [0.5, 0.6) is 0 Å². The number of hydrazone groups is 1. The van der Waals surface area contributed by atoms with E-state index in [-0.39, 0.29) is 5.91 Å². The van der Waals surface area contributed by atoms with Crippen LogP contribution in [0.1, 0.15) is 25.3 Å². The van der Waals surface area contributed by atoms with Gasteiger partial charge in [-0.1, -0.05) is 43.7 Å². The summed E-state index contributed by atoms with van der Waals surface area (Å²) in [7, 11) is 0. The first-order chi connectivity index (χ1) is 11.7. The van der Waals surface area contributed by atoms with E-state index in [1.54, 1.807) is 11.8 Å². The summed E-state index contributed by atoms with van der Waals surface area (Å²) in [6.45, 7) is 2.10. The third-order valence-corrected chi connectivity index (χ3v) is 4.61. The molecule has 0 unspecified atom stereocenters. The van der Waals surface area contributed by atoms with Gasteiger partial charge in [-0.15, -0.1) is 11.8 Å². The Balaban J connectivity index is 1.95. The van der Waals surface area contributed by atoms with Crippen LogP contribution in [0, 0.1) is 0 Å². The Hall–Kier alpha value is -2.33. The van der Waals surface area contributed by atoms with E-state index in [9.17, 15) is 4.79 Å². The van der Waals surface area contributed by atoms with Gasteiger partial charge in [0.15, 0.2) is 0 Å². The van der Waals surface area contributed by atoms with E-state index in [4.69, 9.17) is 0 Å². The van der Waals surface area contributed by atoms with Crippen LogP contribution < -0.4 is 5.01 Å². The quantitative estimate of drug-likeness (QED) is 0.569. The first-order valence-corrected chi connectivity index (χ1v) is 9.28. The molecule has 2 aromatic rings. The average molecular weight is 336 g/mol. The number of carbonyl (C=O) groups excluding carboxylic acids is 1. The monoisotopic (exact) mass is 336 g/mol. The Morgan fingerprint density at radius 2 is 1.79 bits per heavy atom. The van der Waals surface area contributed by atoms with Crippen molar-refractivity contribution in [3.05, 3.63) is 65.7 Å². The molecule has 3 nitrogen and oxygen atoms in total. The topological polar surface area (TPSA) is 32.7 Å². The number of anilines is 1. The van der Waals surface area contributed by atoms with Crippen molar-refractivity contribution < 1.29 is 4.79 Å². The lowest BCUT2D eigenvalue weighted by Gasteiger charge is -2.11. The van der Waals surface area contributed by atoms with Gasteiger partial charge in [0.2, 0.25) is 0 Å². The number of para-hydroxylation sites is 1. The van der Waals surface area contributed by atoms with Gasteiger partial charge in [-0.3, -0.25) is 4.79 Å². The molecular formula is C20H20N2OS. The molecule has 1 aliphatic heterocycles. The molecule has 2 aromatic carbocycles. The summed E-state index contributed by atoms with van der Waals surface area (Å²) < 4.78 is 0. The second-order valence-electron chi connectivity index (χ2n) is 5.58. The molecule has 0 bridgehead atoms. The van der Waals surface area contributed by atoms with Crippen LogP contribution in [0.4, 0.5) is 5.69 Å². The number of benzene rings is 2. The van der Waals surface area contributed by atoms with Crippen molar-refractivity contribution in [3.63, 3.8) is 0 Å². The molecule has 0 saturated heterocycles. The SMILES string of the molecule is CCCC1=NN(c2ccccc2)C(=O)C1=Cc1ccc(SC)cc1. The summed E-state index contributed by atoms with van der Waals surface area (Å²) in [5, 5.41) is 6.08. The number of rotatable bonds is 5. The number of thioether (sulfide) groups is 1. The maximum Gasteiger partial charge on any atom is 0.280 e. The number of hydrogen-bond acceptors (Lipinski definition) is 3. The van der Waals surface area contributed by atoms with Gasteiger partial charge in [0.25, 0.3) is 5.91 Å². The molecule has 3 rings (SSSR count). The van der Waals surface area contributed by atoms with Crippen LogP contribution in [0.2, 0.25) is 0 Å². The van der Waals surface area contributed by atoms with Crippen molar-refractivity contribution in [2.24, 2.45) is 5.10 Å². The summed E-state index contributed by atoms with van der Waals surface area (Å²) in [6, 6.07) is 17.8. The summed E-state index contributed by atoms with van der Waals surface area (Å²) in [5.74, 6) is -0.0569. The van der Waals surface area contributed by atoms with E-state index < -0.39 is 0 Å². The molecule has 4 heteroatoms. The van der Waals surface area contributed by atoms with Gasteiger partial charge >= 0.3 is 0 Å². The summed E-state index contributed by atoms with van der Waals surface area (Å²) in [6.07, 6.45) is 5.75. The predicted molar refractivity (Wildman–Crippen MR) is 102 cm³/mol. The fourth-order valence-electron chi connectivity index (χ4n) is 2.64. The van der Waals surface area contributed by atoms with Crippen molar-refractivity contribution in [3.8, 4) is 0 Å². The Morgan fingerprint density at radius 1 is 1.08 bits per heavy atom. The van der Waals surface area contributed by atoms with Crippen molar-refractivity contribution in [1.29, 1.82) is 0 Å². The minimum absolute atomic E-state index is 0.0569. The Labute approximate surface area is 147 Å². The highest BCUT2D eigenvalue weighted by atomic mass is 32.2. The lowest BCUT2D eigenvalue weighted by atomic mass is 10.0. The Kier molecular flexibility index (Phi) is 5.16. The lowest BCUT2D eigenvalue weighted by molar-refractivity contribution is -0.114. The summed E-state index contributed by atoms with van der Waals surface area (Å²) >= 11 is 1.71. The maximum absolute atomic E-state index is 12.9. The summed E-state index contributed by atoms with van der Waals surface area (Å²) in [4.78, 5) is 14.1. The van der Waals surface area contributed by atoms with E-state index in [2.05, 4.69) is 30.4 Å².